The second-order valence-corrected chi connectivity index (χ2v) is 5.44. The van der Waals surface area contributed by atoms with Crippen LogP contribution in [-0.4, -0.2) is 51.0 Å². The first-order valence-corrected chi connectivity index (χ1v) is 7.10. The Morgan fingerprint density at radius 3 is 3.00 bits per heavy atom. The normalized spacial score (nSPS) is 28.6. The first-order chi connectivity index (χ1) is 8.81. The summed E-state index contributed by atoms with van der Waals surface area (Å²) in [4.78, 5) is 7.17. The van der Waals surface area contributed by atoms with Crippen LogP contribution in [0.4, 0.5) is 0 Å². The molecular formula is C13H22N4O. The van der Waals surface area contributed by atoms with Gasteiger partial charge in [-0.1, -0.05) is 6.92 Å². The van der Waals surface area contributed by atoms with E-state index in [1.54, 1.807) is 0 Å². The molecule has 18 heavy (non-hydrogen) atoms. The smallest absolute Gasteiger partial charge is 0.155 e. The summed E-state index contributed by atoms with van der Waals surface area (Å²) in [5.74, 6) is 2.56. The highest BCUT2D eigenvalue weighted by molar-refractivity contribution is 5.05. The SMILES string of the molecule is CCN1CCC(c2nc3n(n2)C(CO)CCC3)C1. The molecule has 0 spiro atoms. The number of rotatable bonds is 3. The number of aliphatic hydroxyl groups is 1. The predicted octanol–water partition coefficient (Wildman–Crippen LogP) is 0.957. The molecule has 1 fully saturated rings. The second-order valence-electron chi connectivity index (χ2n) is 5.44. The van der Waals surface area contributed by atoms with Gasteiger partial charge in [-0.05, 0) is 32.4 Å². The summed E-state index contributed by atoms with van der Waals surface area (Å²) in [6.07, 6.45) is 4.32. The van der Waals surface area contributed by atoms with Crippen molar-refractivity contribution in [2.24, 2.45) is 0 Å². The Morgan fingerprint density at radius 1 is 1.39 bits per heavy atom. The van der Waals surface area contributed by atoms with Gasteiger partial charge in [0.25, 0.3) is 0 Å². The fourth-order valence-corrected chi connectivity index (χ4v) is 3.13. The van der Waals surface area contributed by atoms with Gasteiger partial charge in [0, 0.05) is 18.9 Å². The average molecular weight is 250 g/mol. The molecule has 0 bridgehead atoms. The molecule has 1 saturated heterocycles. The van der Waals surface area contributed by atoms with Crippen molar-refractivity contribution in [2.45, 2.75) is 44.6 Å². The lowest BCUT2D eigenvalue weighted by Crippen LogP contribution is -2.22. The van der Waals surface area contributed by atoms with Crippen molar-refractivity contribution >= 4 is 0 Å². The van der Waals surface area contributed by atoms with Crippen molar-refractivity contribution in [1.82, 2.24) is 19.7 Å². The maximum Gasteiger partial charge on any atom is 0.155 e. The molecule has 2 aliphatic rings. The molecule has 3 rings (SSSR count). The van der Waals surface area contributed by atoms with E-state index in [1.165, 1.54) is 6.42 Å². The van der Waals surface area contributed by atoms with Gasteiger partial charge in [0.1, 0.15) is 5.82 Å². The zero-order valence-electron chi connectivity index (χ0n) is 11.0. The first kappa shape index (κ1) is 12.1. The number of aryl methyl sites for hydroxylation is 1. The van der Waals surface area contributed by atoms with E-state index in [-0.39, 0.29) is 12.6 Å². The maximum absolute atomic E-state index is 9.40. The van der Waals surface area contributed by atoms with Crippen LogP contribution in [0.5, 0.6) is 0 Å². The number of hydrogen-bond acceptors (Lipinski definition) is 4. The predicted molar refractivity (Wildman–Crippen MR) is 68.6 cm³/mol. The van der Waals surface area contributed by atoms with Crippen LogP contribution in [0.1, 0.15) is 49.8 Å². The summed E-state index contributed by atoms with van der Waals surface area (Å²) in [7, 11) is 0. The molecule has 1 aromatic heterocycles. The molecule has 3 heterocycles. The molecule has 1 N–H and O–H groups in total. The van der Waals surface area contributed by atoms with Crippen molar-refractivity contribution in [3.05, 3.63) is 11.6 Å². The van der Waals surface area contributed by atoms with Gasteiger partial charge < -0.3 is 10.0 Å². The molecule has 2 atom stereocenters. The van der Waals surface area contributed by atoms with Gasteiger partial charge in [-0.15, -0.1) is 0 Å². The highest BCUT2D eigenvalue weighted by Crippen LogP contribution is 2.28. The van der Waals surface area contributed by atoms with Gasteiger partial charge in [0.2, 0.25) is 0 Å². The number of likely N-dealkylation sites (N-methyl/N-ethyl adjacent to an activating group) is 1. The van der Waals surface area contributed by atoms with Gasteiger partial charge in [-0.25, -0.2) is 9.67 Å². The molecule has 1 aromatic rings. The van der Waals surface area contributed by atoms with E-state index in [0.717, 1.165) is 50.5 Å². The largest absolute Gasteiger partial charge is 0.394 e. The number of fused-ring (bicyclic) bond motifs is 1. The Balaban J connectivity index is 1.80. The third-order valence-electron chi connectivity index (χ3n) is 4.30. The van der Waals surface area contributed by atoms with Crippen LogP contribution in [-0.2, 0) is 6.42 Å². The minimum atomic E-state index is 0.152. The van der Waals surface area contributed by atoms with Crippen LogP contribution < -0.4 is 0 Å². The molecule has 0 saturated carbocycles. The molecule has 0 aromatic carbocycles. The minimum absolute atomic E-state index is 0.152. The molecule has 5 heteroatoms. The second kappa shape index (κ2) is 4.97. The molecule has 0 amide bonds. The van der Waals surface area contributed by atoms with E-state index < -0.39 is 0 Å². The van der Waals surface area contributed by atoms with Crippen LogP contribution in [0.25, 0.3) is 0 Å². The number of likely N-dealkylation sites (tertiary alicyclic amines) is 1. The highest BCUT2D eigenvalue weighted by Gasteiger charge is 2.29. The Hall–Kier alpha value is -0.940. The Labute approximate surface area is 108 Å². The van der Waals surface area contributed by atoms with Crippen molar-refractivity contribution in [1.29, 1.82) is 0 Å². The first-order valence-electron chi connectivity index (χ1n) is 7.10. The fourth-order valence-electron chi connectivity index (χ4n) is 3.13. The zero-order valence-corrected chi connectivity index (χ0v) is 11.0. The van der Waals surface area contributed by atoms with E-state index in [4.69, 9.17) is 4.98 Å². The minimum Gasteiger partial charge on any atom is -0.394 e. The summed E-state index contributed by atoms with van der Waals surface area (Å²) >= 11 is 0. The van der Waals surface area contributed by atoms with Crippen LogP contribution in [0.3, 0.4) is 0 Å². The molecule has 5 nitrogen and oxygen atoms in total. The Kier molecular flexibility index (Phi) is 3.35. The number of aliphatic hydroxyl groups excluding tert-OH is 1. The van der Waals surface area contributed by atoms with Gasteiger partial charge in [-0.2, -0.15) is 5.10 Å². The molecule has 2 aliphatic heterocycles. The molecule has 100 valence electrons. The Morgan fingerprint density at radius 2 is 2.28 bits per heavy atom. The molecule has 0 aliphatic carbocycles. The van der Waals surface area contributed by atoms with Gasteiger partial charge in [0.05, 0.1) is 12.6 Å². The summed E-state index contributed by atoms with van der Waals surface area (Å²) in [6.45, 7) is 5.75. The quantitative estimate of drug-likeness (QED) is 0.868. The molecule has 0 radical (unpaired) electrons. The topological polar surface area (TPSA) is 54.2 Å². The third-order valence-corrected chi connectivity index (χ3v) is 4.30. The number of aromatic nitrogens is 3. The third kappa shape index (κ3) is 2.06. The average Bonchev–Trinajstić information content (AvgIpc) is 3.03. The lowest BCUT2D eigenvalue weighted by atomic mass is 10.1. The van der Waals surface area contributed by atoms with Crippen molar-refractivity contribution < 1.29 is 5.11 Å². The van der Waals surface area contributed by atoms with Gasteiger partial charge in [0.15, 0.2) is 5.82 Å². The van der Waals surface area contributed by atoms with E-state index >= 15 is 0 Å². The number of hydrogen-bond donors (Lipinski definition) is 1. The van der Waals surface area contributed by atoms with Crippen LogP contribution in [0, 0.1) is 0 Å². The van der Waals surface area contributed by atoms with Crippen molar-refractivity contribution in [3.8, 4) is 0 Å². The Bertz CT molecular complexity index is 417. The van der Waals surface area contributed by atoms with Gasteiger partial charge >= 0.3 is 0 Å². The van der Waals surface area contributed by atoms with Crippen LogP contribution in [0.15, 0.2) is 0 Å². The van der Waals surface area contributed by atoms with Crippen LogP contribution in [0.2, 0.25) is 0 Å². The fraction of sp³-hybridized carbons (Fsp3) is 0.846. The lowest BCUT2D eigenvalue weighted by Gasteiger charge is -2.20. The highest BCUT2D eigenvalue weighted by atomic mass is 16.3. The maximum atomic E-state index is 9.40. The van der Waals surface area contributed by atoms with E-state index in [2.05, 4.69) is 16.9 Å². The van der Waals surface area contributed by atoms with Crippen LogP contribution >= 0.6 is 0 Å². The van der Waals surface area contributed by atoms with E-state index in [0.29, 0.717) is 5.92 Å². The van der Waals surface area contributed by atoms with Crippen molar-refractivity contribution in [3.63, 3.8) is 0 Å². The summed E-state index contributed by atoms with van der Waals surface area (Å²) in [5.41, 5.74) is 0. The monoisotopic (exact) mass is 250 g/mol. The van der Waals surface area contributed by atoms with E-state index in [1.807, 2.05) is 4.68 Å². The van der Waals surface area contributed by atoms with Crippen molar-refractivity contribution in [2.75, 3.05) is 26.2 Å². The standard InChI is InChI=1S/C13H22N4O/c1-2-16-7-6-10(8-16)13-14-12-5-3-4-11(9-18)17(12)15-13/h10-11,18H,2-9H2,1H3. The number of nitrogens with zero attached hydrogens (tertiary/aromatic N) is 4. The summed E-state index contributed by atoms with van der Waals surface area (Å²) in [5, 5.41) is 14.1. The van der Waals surface area contributed by atoms with Gasteiger partial charge in [-0.3, -0.25) is 0 Å². The zero-order chi connectivity index (χ0) is 12.5. The lowest BCUT2D eigenvalue weighted by molar-refractivity contribution is 0.194. The molecule has 2 unspecified atom stereocenters. The van der Waals surface area contributed by atoms with E-state index in [9.17, 15) is 5.11 Å². The molecular weight excluding hydrogens is 228 g/mol. The summed E-state index contributed by atoms with van der Waals surface area (Å²) in [6, 6.07) is 0.152. The summed E-state index contributed by atoms with van der Waals surface area (Å²) < 4.78 is 1.98.